The highest BCUT2D eigenvalue weighted by Crippen LogP contribution is 2.33. The molecular formula is C16H18N4O. The Balaban J connectivity index is 1.40. The zero-order valence-corrected chi connectivity index (χ0v) is 11.8. The van der Waals surface area contributed by atoms with Crippen LogP contribution in [0.2, 0.25) is 0 Å². The molecule has 4 rings (SSSR count). The number of amides is 1. The van der Waals surface area contributed by atoms with Crippen molar-refractivity contribution < 1.29 is 4.79 Å². The molecule has 2 aliphatic rings. The lowest BCUT2D eigenvalue weighted by molar-refractivity contribution is 0.0423. The van der Waals surface area contributed by atoms with Crippen LogP contribution in [0, 0.1) is 5.92 Å². The summed E-state index contributed by atoms with van der Waals surface area (Å²) in [6.45, 7) is 3.76. The second kappa shape index (κ2) is 5.00. The molecule has 2 aromatic rings. The Hall–Kier alpha value is -2.14. The van der Waals surface area contributed by atoms with Crippen LogP contribution in [-0.4, -0.2) is 51.4 Å². The van der Waals surface area contributed by atoms with Crippen molar-refractivity contribution in [3.8, 4) is 0 Å². The average Bonchev–Trinajstić information content (AvgIpc) is 3.13. The highest BCUT2D eigenvalue weighted by molar-refractivity contribution is 5.94. The summed E-state index contributed by atoms with van der Waals surface area (Å²) in [7, 11) is 0. The van der Waals surface area contributed by atoms with Crippen LogP contribution in [-0.2, 0) is 6.54 Å². The van der Waals surface area contributed by atoms with Crippen molar-refractivity contribution in [2.24, 2.45) is 5.92 Å². The van der Waals surface area contributed by atoms with Gasteiger partial charge in [-0.1, -0.05) is 0 Å². The van der Waals surface area contributed by atoms with Crippen LogP contribution in [0.25, 0.3) is 0 Å². The molecule has 2 atom stereocenters. The summed E-state index contributed by atoms with van der Waals surface area (Å²) in [4.78, 5) is 24.1. The lowest BCUT2D eigenvalue weighted by Gasteiger charge is -2.43. The van der Waals surface area contributed by atoms with Gasteiger partial charge in [-0.3, -0.25) is 14.7 Å². The zero-order chi connectivity index (χ0) is 14.2. The van der Waals surface area contributed by atoms with Crippen molar-refractivity contribution in [1.82, 2.24) is 19.8 Å². The summed E-state index contributed by atoms with van der Waals surface area (Å²) in [5.74, 6) is 0.761. The highest BCUT2D eigenvalue weighted by Gasteiger charge is 2.46. The van der Waals surface area contributed by atoms with E-state index in [1.807, 2.05) is 17.2 Å². The standard InChI is InChI=1S/C16H18N4O/c21-16(12-3-6-17-7-4-12)20-9-13-8-19(15(13)11-20)10-14-2-1-5-18-14/h1-7,13,15,18H,8-11H2/t13-,15-/m0/s1. The fourth-order valence-corrected chi connectivity index (χ4v) is 3.46. The number of H-pyrrole nitrogens is 1. The molecule has 1 amide bonds. The van der Waals surface area contributed by atoms with E-state index in [0.29, 0.717) is 12.0 Å². The van der Waals surface area contributed by atoms with Crippen molar-refractivity contribution in [2.75, 3.05) is 19.6 Å². The number of carbonyl (C=O) groups excluding carboxylic acids is 1. The summed E-state index contributed by atoms with van der Waals surface area (Å²) in [6.07, 6.45) is 5.31. The van der Waals surface area contributed by atoms with E-state index in [0.717, 1.165) is 31.7 Å². The van der Waals surface area contributed by atoms with E-state index in [1.54, 1.807) is 24.5 Å². The van der Waals surface area contributed by atoms with E-state index in [1.165, 1.54) is 5.69 Å². The van der Waals surface area contributed by atoms with Crippen LogP contribution in [0.15, 0.2) is 42.9 Å². The molecule has 2 fully saturated rings. The largest absolute Gasteiger partial charge is 0.364 e. The number of likely N-dealkylation sites (tertiary alicyclic amines) is 2. The van der Waals surface area contributed by atoms with Crippen LogP contribution >= 0.6 is 0 Å². The van der Waals surface area contributed by atoms with Gasteiger partial charge in [-0.15, -0.1) is 0 Å². The fraction of sp³-hybridized carbons (Fsp3) is 0.375. The molecule has 0 spiro atoms. The number of pyridine rings is 1. The minimum Gasteiger partial charge on any atom is -0.364 e. The van der Waals surface area contributed by atoms with Gasteiger partial charge in [0, 0.05) is 68.0 Å². The molecule has 108 valence electrons. The van der Waals surface area contributed by atoms with Crippen molar-refractivity contribution in [2.45, 2.75) is 12.6 Å². The third-order valence-electron chi connectivity index (χ3n) is 4.59. The normalized spacial score (nSPS) is 24.7. The number of hydrogen-bond acceptors (Lipinski definition) is 3. The number of rotatable bonds is 3. The first-order valence-electron chi connectivity index (χ1n) is 7.37. The maximum Gasteiger partial charge on any atom is 0.254 e. The minimum absolute atomic E-state index is 0.131. The van der Waals surface area contributed by atoms with E-state index < -0.39 is 0 Å². The molecule has 0 bridgehead atoms. The molecule has 5 nitrogen and oxygen atoms in total. The monoisotopic (exact) mass is 282 g/mol. The molecule has 0 aliphatic carbocycles. The van der Waals surface area contributed by atoms with Gasteiger partial charge in [-0.05, 0) is 24.3 Å². The molecule has 5 heteroatoms. The van der Waals surface area contributed by atoms with Gasteiger partial charge in [0.05, 0.1) is 0 Å². The second-order valence-corrected chi connectivity index (χ2v) is 5.90. The molecule has 21 heavy (non-hydrogen) atoms. The Kier molecular flexibility index (Phi) is 3.00. The lowest BCUT2D eigenvalue weighted by atomic mass is 9.92. The SMILES string of the molecule is O=C(c1ccncc1)N1C[C@@H]2CN(Cc3ccc[nH]3)[C@H]2C1. The molecule has 2 aromatic heterocycles. The number of hydrogen-bond donors (Lipinski definition) is 1. The quantitative estimate of drug-likeness (QED) is 0.925. The number of nitrogens with one attached hydrogen (secondary N) is 1. The van der Waals surface area contributed by atoms with Crippen molar-refractivity contribution in [3.63, 3.8) is 0 Å². The van der Waals surface area contributed by atoms with E-state index in [2.05, 4.69) is 20.9 Å². The number of aromatic nitrogens is 2. The van der Waals surface area contributed by atoms with Gasteiger partial charge in [0.25, 0.3) is 5.91 Å². The highest BCUT2D eigenvalue weighted by atomic mass is 16.2. The molecule has 1 N–H and O–H groups in total. The van der Waals surface area contributed by atoms with Crippen molar-refractivity contribution in [1.29, 1.82) is 0 Å². The molecule has 0 radical (unpaired) electrons. The Morgan fingerprint density at radius 2 is 2.10 bits per heavy atom. The van der Waals surface area contributed by atoms with Gasteiger partial charge in [0.1, 0.15) is 0 Å². The topological polar surface area (TPSA) is 52.2 Å². The van der Waals surface area contributed by atoms with E-state index in [-0.39, 0.29) is 5.91 Å². The van der Waals surface area contributed by atoms with E-state index in [9.17, 15) is 4.79 Å². The average molecular weight is 282 g/mol. The number of aromatic amines is 1. The Morgan fingerprint density at radius 3 is 2.86 bits per heavy atom. The molecule has 0 aromatic carbocycles. The second-order valence-electron chi connectivity index (χ2n) is 5.90. The first-order valence-corrected chi connectivity index (χ1v) is 7.37. The lowest BCUT2D eigenvalue weighted by Crippen LogP contribution is -2.54. The predicted molar refractivity (Wildman–Crippen MR) is 78.6 cm³/mol. The van der Waals surface area contributed by atoms with Crippen LogP contribution in [0.5, 0.6) is 0 Å². The summed E-state index contributed by atoms with van der Waals surface area (Å²) in [5.41, 5.74) is 1.98. The maximum atomic E-state index is 12.5. The summed E-state index contributed by atoms with van der Waals surface area (Å²) < 4.78 is 0. The van der Waals surface area contributed by atoms with Crippen molar-refractivity contribution >= 4 is 5.91 Å². The first kappa shape index (κ1) is 12.6. The van der Waals surface area contributed by atoms with Gasteiger partial charge >= 0.3 is 0 Å². The van der Waals surface area contributed by atoms with E-state index in [4.69, 9.17) is 0 Å². The van der Waals surface area contributed by atoms with E-state index >= 15 is 0 Å². The van der Waals surface area contributed by atoms with Gasteiger partial charge in [0.2, 0.25) is 0 Å². The number of fused-ring (bicyclic) bond motifs is 1. The third-order valence-corrected chi connectivity index (χ3v) is 4.59. The van der Waals surface area contributed by atoms with Gasteiger partial charge in [0.15, 0.2) is 0 Å². The fourth-order valence-electron chi connectivity index (χ4n) is 3.46. The Morgan fingerprint density at radius 1 is 1.24 bits per heavy atom. The molecule has 2 saturated heterocycles. The maximum absolute atomic E-state index is 12.5. The summed E-state index contributed by atoms with van der Waals surface area (Å²) >= 11 is 0. The minimum atomic E-state index is 0.131. The number of carbonyl (C=O) groups is 1. The van der Waals surface area contributed by atoms with Gasteiger partial charge in [-0.2, -0.15) is 0 Å². The Bertz CT molecular complexity index is 625. The molecule has 2 aliphatic heterocycles. The first-order chi connectivity index (χ1) is 10.3. The molecular weight excluding hydrogens is 264 g/mol. The predicted octanol–water partition coefficient (Wildman–Crippen LogP) is 1.37. The molecule has 0 saturated carbocycles. The Labute approximate surface area is 123 Å². The number of nitrogens with zero attached hydrogens (tertiary/aromatic N) is 3. The zero-order valence-electron chi connectivity index (χ0n) is 11.8. The molecule has 4 heterocycles. The summed E-state index contributed by atoms with van der Waals surface area (Å²) in [5, 5.41) is 0. The van der Waals surface area contributed by atoms with Crippen LogP contribution in [0.1, 0.15) is 16.1 Å². The van der Waals surface area contributed by atoms with Crippen LogP contribution in [0.3, 0.4) is 0 Å². The van der Waals surface area contributed by atoms with Gasteiger partial charge < -0.3 is 9.88 Å². The third kappa shape index (κ3) is 2.23. The summed E-state index contributed by atoms with van der Waals surface area (Å²) in [6, 6.07) is 8.24. The van der Waals surface area contributed by atoms with Crippen LogP contribution in [0.4, 0.5) is 0 Å². The smallest absolute Gasteiger partial charge is 0.254 e. The van der Waals surface area contributed by atoms with Gasteiger partial charge in [-0.25, -0.2) is 0 Å². The molecule has 0 unspecified atom stereocenters. The van der Waals surface area contributed by atoms with Crippen molar-refractivity contribution in [3.05, 3.63) is 54.1 Å². The van der Waals surface area contributed by atoms with Crippen LogP contribution < -0.4 is 0 Å².